The first kappa shape index (κ1) is 15.6. The lowest BCUT2D eigenvalue weighted by Crippen LogP contribution is -2.10. The quantitative estimate of drug-likeness (QED) is 0.396. The third-order valence-electron chi connectivity index (χ3n) is 3.90. The number of aromatic nitrogens is 3. The third-order valence-corrected chi connectivity index (χ3v) is 5.12. The molecule has 0 spiro atoms. The molecule has 25 heavy (non-hydrogen) atoms. The molecular weight excluding hydrogens is 330 g/mol. The van der Waals surface area contributed by atoms with Gasteiger partial charge in [-0.3, -0.25) is 9.20 Å². The molecule has 0 fully saturated rings. The molecule has 0 aliphatic carbocycles. The number of ketones is 1. The van der Waals surface area contributed by atoms with Gasteiger partial charge in [-0.25, -0.2) is 0 Å². The summed E-state index contributed by atoms with van der Waals surface area (Å²) in [5.74, 6) is 0.0597. The summed E-state index contributed by atoms with van der Waals surface area (Å²) in [4.78, 5) is 13.1. The van der Waals surface area contributed by atoms with Crippen LogP contribution in [0.4, 0.5) is 0 Å². The van der Waals surface area contributed by atoms with E-state index in [1.165, 1.54) is 11.8 Å². The van der Waals surface area contributed by atoms with Crippen LogP contribution in [-0.2, 0) is 0 Å². The van der Waals surface area contributed by atoms with E-state index in [0.29, 0.717) is 10.7 Å². The number of hydrogen-bond acceptors (Lipinski definition) is 4. The summed E-state index contributed by atoms with van der Waals surface area (Å²) in [6.45, 7) is 0. The molecule has 1 atom stereocenters. The van der Waals surface area contributed by atoms with Gasteiger partial charge in [0.15, 0.2) is 16.6 Å². The molecule has 0 bridgehead atoms. The molecule has 2 aromatic heterocycles. The van der Waals surface area contributed by atoms with E-state index in [4.69, 9.17) is 0 Å². The largest absolute Gasteiger partial charge is 0.293 e. The van der Waals surface area contributed by atoms with Gasteiger partial charge in [-0.15, -0.1) is 10.2 Å². The van der Waals surface area contributed by atoms with E-state index in [2.05, 4.69) is 10.2 Å². The molecule has 122 valence electrons. The number of nitrogens with zero attached hydrogens (tertiary/aromatic N) is 3. The van der Waals surface area contributed by atoms with Crippen molar-refractivity contribution in [3.05, 3.63) is 96.2 Å². The molecule has 0 saturated carbocycles. The highest BCUT2D eigenvalue weighted by Crippen LogP contribution is 2.36. The molecule has 0 N–H and O–H groups in total. The number of carbonyl (C=O) groups is 1. The molecule has 0 amide bonds. The second-order valence-electron chi connectivity index (χ2n) is 5.55. The van der Waals surface area contributed by atoms with E-state index in [1.807, 2.05) is 89.5 Å². The maximum absolute atomic E-state index is 13.1. The standard InChI is InChI=1S/C20H15N3OS/c24-18(15-9-3-1-4-10-15)19(16-11-5-2-6-12-16)25-20-22-21-17-13-7-8-14-23(17)20/h1-14,19H/t19-/m0/s1. The van der Waals surface area contributed by atoms with Crippen LogP contribution in [0, 0.1) is 0 Å². The molecule has 2 aromatic carbocycles. The van der Waals surface area contributed by atoms with Gasteiger partial charge in [0.05, 0.1) is 0 Å². The highest BCUT2D eigenvalue weighted by atomic mass is 32.2. The second-order valence-corrected chi connectivity index (χ2v) is 6.62. The summed E-state index contributed by atoms with van der Waals surface area (Å²) in [6.07, 6.45) is 1.91. The highest BCUT2D eigenvalue weighted by molar-refractivity contribution is 8.00. The fourth-order valence-electron chi connectivity index (χ4n) is 2.66. The predicted octanol–water partition coefficient (Wildman–Crippen LogP) is 4.45. The summed E-state index contributed by atoms with van der Waals surface area (Å²) >= 11 is 1.42. The Kier molecular flexibility index (Phi) is 4.31. The van der Waals surface area contributed by atoms with Crippen LogP contribution in [0.2, 0.25) is 0 Å². The Balaban J connectivity index is 1.74. The van der Waals surface area contributed by atoms with Crippen LogP contribution in [0.5, 0.6) is 0 Å². The Bertz CT molecular complexity index is 999. The minimum atomic E-state index is -0.379. The van der Waals surface area contributed by atoms with Gasteiger partial charge < -0.3 is 0 Å². The molecule has 0 aliphatic rings. The van der Waals surface area contributed by atoms with Gasteiger partial charge >= 0.3 is 0 Å². The van der Waals surface area contributed by atoms with E-state index in [0.717, 1.165) is 11.2 Å². The molecule has 4 rings (SSSR count). The Labute approximate surface area is 149 Å². The number of thioether (sulfide) groups is 1. The number of rotatable bonds is 5. The molecule has 2 heterocycles. The van der Waals surface area contributed by atoms with Gasteiger partial charge in [0, 0.05) is 11.8 Å². The molecule has 0 aliphatic heterocycles. The van der Waals surface area contributed by atoms with Crippen molar-refractivity contribution < 1.29 is 4.79 Å². The molecule has 0 radical (unpaired) electrons. The topological polar surface area (TPSA) is 47.3 Å². The monoisotopic (exact) mass is 345 g/mol. The van der Waals surface area contributed by atoms with Crippen LogP contribution in [0.15, 0.2) is 90.2 Å². The molecular formula is C20H15N3OS. The van der Waals surface area contributed by atoms with Crippen LogP contribution in [-0.4, -0.2) is 20.4 Å². The Morgan fingerprint density at radius 2 is 1.52 bits per heavy atom. The third kappa shape index (κ3) is 3.19. The van der Waals surface area contributed by atoms with E-state index < -0.39 is 0 Å². The van der Waals surface area contributed by atoms with E-state index in [-0.39, 0.29) is 11.0 Å². The van der Waals surface area contributed by atoms with Gasteiger partial charge in [-0.1, -0.05) is 78.5 Å². The lowest BCUT2D eigenvalue weighted by molar-refractivity contribution is 0.0989. The van der Waals surface area contributed by atoms with Crippen molar-refractivity contribution in [2.24, 2.45) is 0 Å². The van der Waals surface area contributed by atoms with Crippen LogP contribution >= 0.6 is 11.8 Å². The number of benzene rings is 2. The normalized spacial score (nSPS) is 12.2. The fourth-order valence-corrected chi connectivity index (χ4v) is 3.76. The van der Waals surface area contributed by atoms with E-state index >= 15 is 0 Å². The van der Waals surface area contributed by atoms with Gasteiger partial charge in [0.1, 0.15) is 5.25 Å². The van der Waals surface area contributed by atoms with Crippen molar-refractivity contribution >= 4 is 23.2 Å². The zero-order valence-corrected chi connectivity index (χ0v) is 14.1. The molecule has 4 nitrogen and oxygen atoms in total. The van der Waals surface area contributed by atoms with Crippen LogP contribution < -0.4 is 0 Å². The minimum absolute atomic E-state index is 0.0597. The second kappa shape index (κ2) is 6.91. The van der Waals surface area contributed by atoms with Crippen LogP contribution in [0.25, 0.3) is 5.65 Å². The van der Waals surface area contributed by atoms with E-state index in [1.54, 1.807) is 0 Å². The Hall–Kier alpha value is -2.92. The first-order chi connectivity index (χ1) is 12.3. The van der Waals surface area contributed by atoms with Crippen molar-refractivity contribution in [1.29, 1.82) is 0 Å². The SMILES string of the molecule is O=C(c1ccccc1)[C@@H](Sc1nnc2ccccn12)c1ccccc1. The number of Topliss-reactive ketones (excluding diaryl/α,β-unsaturated/α-hetero) is 1. The fraction of sp³-hybridized carbons (Fsp3) is 0.0500. The zero-order valence-electron chi connectivity index (χ0n) is 13.3. The van der Waals surface area contributed by atoms with Crippen molar-refractivity contribution in [2.45, 2.75) is 10.4 Å². The summed E-state index contributed by atoms with van der Waals surface area (Å²) < 4.78 is 1.90. The summed E-state index contributed by atoms with van der Waals surface area (Å²) in [5, 5.41) is 8.76. The summed E-state index contributed by atoms with van der Waals surface area (Å²) in [6, 6.07) is 24.9. The summed E-state index contributed by atoms with van der Waals surface area (Å²) in [5.41, 5.74) is 2.41. The van der Waals surface area contributed by atoms with Crippen LogP contribution in [0.1, 0.15) is 21.2 Å². The maximum atomic E-state index is 13.1. The van der Waals surface area contributed by atoms with Gasteiger partial charge in [-0.2, -0.15) is 0 Å². The van der Waals surface area contributed by atoms with Crippen molar-refractivity contribution in [1.82, 2.24) is 14.6 Å². The molecule has 0 saturated heterocycles. The zero-order chi connectivity index (χ0) is 17.1. The van der Waals surface area contributed by atoms with Gasteiger partial charge in [0.25, 0.3) is 0 Å². The predicted molar refractivity (Wildman–Crippen MR) is 98.8 cm³/mol. The number of fused-ring (bicyclic) bond motifs is 1. The molecule has 5 heteroatoms. The lowest BCUT2D eigenvalue weighted by Gasteiger charge is -2.15. The molecule has 4 aromatic rings. The minimum Gasteiger partial charge on any atom is -0.293 e. The van der Waals surface area contributed by atoms with Crippen molar-refractivity contribution in [2.75, 3.05) is 0 Å². The summed E-state index contributed by atoms with van der Waals surface area (Å²) in [7, 11) is 0. The first-order valence-corrected chi connectivity index (χ1v) is 8.81. The average Bonchev–Trinajstić information content (AvgIpc) is 3.10. The lowest BCUT2D eigenvalue weighted by atomic mass is 10.0. The Morgan fingerprint density at radius 1 is 0.840 bits per heavy atom. The van der Waals surface area contributed by atoms with Crippen molar-refractivity contribution in [3.8, 4) is 0 Å². The van der Waals surface area contributed by atoms with Crippen molar-refractivity contribution in [3.63, 3.8) is 0 Å². The van der Waals surface area contributed by atoms with Gasteiger partial charge in [0.2, 0.25) is 0 Å². The number of pyridine rings is 1. The van der Waals surface area contributed by atoms with Gasteiger partial charge in [-0.05, 0) is 17.7 Å². The van der Waals surface area contributed by atoms with Crippen LogP contribution in [0.3, 0.4) is 0 Å². The van der Waals surface area contributed by atoms with E-state index in [9.17, 15) is 4.79 Å². The number of hydrogen-bond donors (Lipinski definition) is 0. The molecule has 0 unspecified atom stereocenters. The first-order valence-electron chi connectivity index (χ1n) is 7.93. The Morgan fingerprint density at radius 3 is 2.28 bits per heavy atom. The maximum Gasteiger partial charge on any atom is 0.196 e. The smallest absolute Gasteiger partial charge is 0.196 e. The number of carbonyl (C=O) groups excluding carboxylic acids is 1. The average molecular weight is 345 g/mol. The highest BCUT2D eigenvalue weighted by Gasteiger charge is 2.25.